The van der Waals surface area contributed by atoms with Crippen LogP contribution in [0.2, 0.25) is 30.1 Å². The quantitative estimate of drug-likeness (QED) is 0.0367. The molecule has 0 spiro atoms. The molecule has 0 aliphatic carbocycles. The Hall–Kier alpha value is -7.05. The zero-order chi connectivity index (χ0) is 98.1. The van der Waals surface area contributed by atoms with E-state index in [1.807, 2.05) is 156 Å². The fourth-order valence-corrected chi connectivity index (χ4v) is 11.1. The number of ether oxygens (including phenoxy) is 4. The maximum Gasteiger partial charge on any atom is 0.264 e. The van der Waals surface area contributed by atoms with E-state index in [9.17, 15) is 44.4 Å². The molecular weight excluding hydrogens is 1820 g/mol. The summed E-state index contributed by atoms with van der Waals surface area (Å²) in [6.45, 7) is 50.1. The minimum atomic E-state index is -3.26. The van der Waals surface area contributed by atoms with Gasteiger partial charge < -0.3 is 18.9 Å². The summed E-state index contributed by atoms with van der Waals surface area (Å²) in [5.74, 6) is 0.159. The van der Waals surface area contributed by atoms with Crippen LogP contribution in [0.25, 0.3) is 0 Å². The number of hydrogen-bond acceptors (Lipinski definition) is 21. The molecule has 0 saturated carbocycles. The molecule has 0 unspecified atom stereocenters. The molecule has 3 aromatic heterocycles. The molecule has 30 heteroatoms. The normalized spacial score (nSPS) is 11.1. The molecule has 706 valence electrons. The zero-order valence-corrected chi connectivity index (χ0v) is 86.6. The van der Waals surface area contributed by atoms with Crippen molar-refractivity contribution in [3.8, 4) is 5.75 Å². The summed E-state index contributed by atoms with van der Waals surface area (Å²) < 4.78 is 97.1. The van der Waals surface area contributed by atoms with E-state index in [-0.39, 0.29) is 59.2 Å². The van der Waals surface area contributed by atoms with Gasteiger partial charge in [0.05, 0.1) is 80.6 Å². The van der Waals surface area contributed by atoms with E-state index >= 15 is 0 Å². The second kappa shape index (κ2) is 64.7. The number of benzene rings is 6. The second-order valence-electron chi connectivity index (χ2n) is 34.7. The van der Waals surface area contributed by atoms with Crippen LogP contribution < -0.4 is 4.74 Å². The van der Waals surface area contributed by atoms with Crippen LogP contribution in [-0.2, 0) is 57.1 Å². The maximum absolute atomic E-state index is 12.3. The van der Waals surface area contributed by atoms with E-state index in [4.69, 9.17) is 88.6 Å². The Bertz CT molecular complexity index is 4460. The Labute approximate surface area is 794 Å². The smallest absolute Gasteiger partial charge is 0.264 e. The van der Waals surface area contributed by atoms with Crippen molar-refractivity contribution in [3.63, 3.8) is 0 Å². The lowest BCUT2D eigenvalue weighted by Crippen LogP contribution is -2.17. The Morgan fingerprint density at radius 3 is 0.709 bits per heavy atom. The number of hydrogen-bond donors (Lipinski definition) is 0. The number of nitrogens with zero attached hydrogens (tertiary/aromatic N) is 3. The molecule has 0 aliphatic heterocycles. The molecule has 0 bridgehead atoms. The highest BCUT2D eigenvalue weighted by atomic mass is 35.5. The Morgan fingerprint density at radius 1 is 0.331 bits per heavy atom. The largest absolute Gasteiger partial charge is 0.497 e. The summed E-state index contributed by atoms with van der Waals surface area (Å²) >= 11 is 37.2. The molecule has 9 aromatic rings. The van der Waals surface area contributed by atoms with E-state index in [0.29, 0.717) is 91.1 Å². The summed E-state index contributed by atoms with van der Waals surface area (Å²) in [5.41, 5.74) is 4.07. The maximum atomic E-state index is 12.3. The molecule has 0 amide bonds. The van der Waals surface area contributed by atoms with E-state index in [2.05, 4.69) is 89.8 Å². The lowest BCUT2D eigenvalue weighted by atomic mass is 9.99. The average Bonchev–Trinajstić information content (AvgIpc) is 0.837. The van der Waals surface area contributed by atoms with Gasteiger partial charge in [-0.05, 0) is 206 Å². The van der Waals surface area contributed by atoms with Crippen molar-refractivity contribution in [1.29, 1.82) is 0 Å². The minimum absolute atomic E-state index is 0.0419. The fraction of sp³-hybridized carbons (Fsp3) is 0.433. The van der Waals surface area contributed by atoms with Crippen molar-refractivity contribution in [2.75, 3.05) is 91.6 Å². The lowest BCUT2D eigenvalue weighted by Gasteiger charge is -2.16. The number of rotatable bonds is 21. The van der Waals surface area contributed by atoms with Crippen LogP contribution in [-0.4, -0.2) is 155 Å². The van der Waals surface area contributed by atoms with Crippen molar-refractivity contribution >= 4 is 135 Å². The summed E-state index contributed by atoms with van der Waals surface area (Å²) in [6.07, 6.45) is 15.7. The number of pyridine rings is 3. The molecule has 0 radical (unpaired) electrons. The third-order valence-electron chi connectivity index (χ3n) is 13.8. The number of carbonyl (C=O) groups excluding carboxylic acids is 4. The molecule has 0 aliphatic rings. The lowest BCUT2D eigenvalue weighted by molar-refractivity contribution is 0.0805. The molecule has 0 atom stereocenters. The van der Waals surface area contributed by atoms with Gasteiger partial charge in [0.25, 0.3) is 30.4 Å². The van der Waals surface area contributed by atoms with Gasteiger partial charge in [-0.1, -0.05) is 237 Å². The predicted octanol–water partition coefficient (Wildman–Crippen LogP) is 26.1. The molecular formula is C97H135Cl6N3O17S4. The Balaban J connectivity index is -0.00000135. The van der Waals surface area contributed by atoms with Gasteiger partial charge in [0.2, 0.25) is 0 Å². The summed E-state index contributed by atoms with van der Waals surface area (Å²) in [7, 11) is -8.20. The van der Waals surface area contributed by atoms with E-state index < -0.39 is 30.4 Å². The van der Waals surface area contributed by atoms with Crippen LogP contribution in [0, 0.1) is 32.5 Å². The van der Waals surface area contributed by atoms with Crippen LogP contribution in [0.3, 0.4) is 0 Å². The van der Waals surface area contributed by atoms with Crippen molar-refractivity contribution in [3.05, 3.63) is 288 Å². The van der Waals surface area contributed by atoms with Crippen molar-refractivity contribution in [1.82, 2.24) is 15.0 Å². The van der Waals surface area contributed by atoms with Gasteiger partial charge in [0.1, 0.15) is 5.75 Å². The first-order chi connectivity index (χ1) is 58.5. The van der Waals surface area contributed by atoms with Crippen LogP contribution >= 0.6 is 81.4 Å². The molecule has 3 heterocycles. The van der Waals surface area contributed by atoms with Gasteiger partial charge in [0, 0.05) is 116 Å². The summed E-state index contributed by atoms with van der Waals surface area (Å²) in [4.78, 5) is 60.4. The number of halogens is 6. The SMILES string of the molecule is CC(=O)c1ccc(C(=O)c2cc(Cl)ccc2Cl)cc1.CC(C)(C)COS(C)(=O)=O.CC(C)(C)COS(C)(=O)=O.CC(C)(C)COS(C)(=O)=O.CCOCC(C)(C)C.CCOCC(C)(C)C.CCOCC(C)(C)C.COc1ccc(C(=O)c2cc(Cl)ccc2Cl)cc1.CSc1ccc(C(=O)c2cc(Cl)ccc2Cl)cc1.c1ccncc1.c1ccncc1.c1ccncc1. The van der Waals surface area contributed by atoms with Gasteiger partial charge in [-0.25, -0.2) is 0 Å². The highest BCUT2D eigenvalue weighted by Crippen LogP contribution is 2.28. The molecule has 127 heavy (non-hydrogen) atoms. The van der Waals surface area contributed by atoms with E-state index in [1.54, 1.807) is 165 Å². The summed E-state index contributed by atoms with van der Waals surface area (Å²) in [6, 6.07) is 52.3. The third-order valence-corrected chi connectivity index (χ3v) is 17.9. The molecule has 6 aromatic carbocycles. The average molecular weight is 1960 g/mol. The van der Waals surface area contributed by atoms with Crippen molar-refractivity contribution < 1.29 is 75.9 Å². The van der Waals surface area contributed by atoms with Crippen LogP contribution in [0.4, 0.5) is 0 Å². The fourth-order valence-electron chi connectivity index (χ4n) is 7.84. The van der Waals surface area contributed by atoms with Gasteiger partial charge in [-0.3, -0.25) is 46.7 Å². The molecule has 0 saturated heterocycles. The number of Topliss-reactive ketones (excluding diaryl/α,β-unsaturated/α-hetero) is 1. The van der Waals surface area contributed by atoms with Crippen LogP contribution in [0.1, 0.15) is 210 Å². The minimum Gasteiger partial charge on any atom is -0.497 e. The van der Waals surface area contributed by atoms with Gasteiger partial charge in [-0.15, -0.1) is 11.8 Å². The number of aromatic nitrogens is 3. The van der Waals surface area contributed by atoms with E-state index in [0.717, 1.165) is 63.3 Å². The molecule has 0 N–H and O–H groups in total. The first kappa shape index (κ1) is 124. The van der Waals surface area contributed by atoms with E-state index in [1.165, 1.54) is 13.0 Å². The number of thioether (sulfide) groups is 1. The second-order valence-corrected chi connectivity index (χ2v) is 43.0. The molecule has 0 fully saturated rings. The van der Waals surface area contributed by atoms with Crippen LogP contribution in [0.5, 0.6) is 5.75 Å². The van der Waals surface area contributed by atoms with Crippen molar-refractivity contribution in [2.24, 2.45) is 32.5 Å². The third kappa shape index (κ3) is 74.3. The standard InChI is InChI=1S/C15H10Cl2O2.C14H10Cl2O2.C14H10Cl2OS.3C7H16O.3C6H14O3S.3C5H5N/c1-9(18)10-2-4-11(5-3-10)15(19)13-8-12(16)6-7-14(13)17;2*1-18-11-5-2-9(3-6-11)14(17)12-8-10(15)4-7-13(12)16;3*1-5-8-6-7(2,3)4;3*1-6(2,3)5-9-10(4,7)8;3*1-2-4-6-5-3-1/h2-8H,1H3;2*2-8H,1H3;3*5-6H2,1-4H3;3*5H2,1-4H3;3*1-5H. The van der Waals surface area contributed by atoms with Crippen LogP contribution in [0.15, 0.2) is 224 Å². The molecule has 20 nitrogen and oxygen atoms in total. The molecule has 9 rings (SSSR count). The first-order valence-corrected chi connectivity index (χ1v) is 49.2. The van der Waals surface area contributed by atoms with Crippen molar-refractivity contribution in [2.45, 2.75) is 157 Å². The van der Waals surface area contributed by atoms with Gasteiger partial charge >= 0.3 is 0 Å². The highest BCUT2D eigenvalue weighted by Gasteiger charge is 2.20. The predicted molar refractivity (Wildman–Crippen MR) is 529 cm³/mol. The Kier molecular flexibility index (Phi) is 63.2. The van der Waals surface area contributed by atoms with Gasteiger partial charge in [0.15, 0.2) is 23.1 Å². The van der Waals surface area contributed by atoms with Gasteiger partial charge in [-0.2, -0.15) is 25.3 Å². The highest BCUT2D eigenvalue weighted by molar-refractivity contribution is 7.98. The summed E-state index contributed by atoms with van der Waals surface area (Å²) in [5, 5.41) is 2.59. The Morgan fingerprint density at radius 2 is 0.551 bits per heavy atom. The topological polar surface area (TPSA) is 274 Å². The number of ketones is 4. The first-order valence-electron chi connectivity index (χ1n) is 40.2. The number of carbonyl (C=O) groups is 4. The monoisotopic (exact) mass is 1950 g/mol. The number of methoxy groups -OCH3 is 1. The zero-order valence-electron chi connectivity index (χ0n) is 78.8.